The molecular formula is C36H45N7O5. The fraction of sp³-hybridized carbons (Fsp3) is 0.444. The number of pyridine rings is 3. The Hall–Kier alpha value is -4.68. The quantitative estimate of drug-likeness (QED) is 0.294. The Morgan fingerprint density at radius 1 is 1.12 bits per heavy atom. The summed E-state index contributed by atoms with van der Waals surface area (Å²) >= 11 is 0. The van der Waals surface area contributed by atoms with Gasteiger partial charge in [-0.3, -0.25) is 24.3 Å². The van der Waals surface area contributed by atoms with E-state index in [-0.39, 0.29) is 30.2 Å². The fourth-order valence-electron chi connectivity index (χ4n) is 6.04. The van der Waals surface area contributed by atoms with Gasteiger partial charge in [0.15, 0.2) is 6.10 Å². The van der Waals surface area contributed by atoms with Gasteiger partial charge in [0.05, 0.1) is 29.6 Å². The van der Waals surface area contributed by atoms with Crippen molar-refractivity contribution in [1.82, 2.24) is 29.7 Å². The number of amides is 3. The molecule has 0 unspecified atom stereocenters. The first-order valence-electron chi connectivity index (χ1n) is 16.2. The first kappa shape index (κ1) is 34.6. The zero-order valence-corrected chi connectivity index (χ0v) is 28.6. The van der Waals surface area contributed by atoms with Crippen LogP contribution in [-0.4, -0.2) is 104 Å². The number of aliphatic hydroxyl groups is 1. The second-order valence-corrected chi connectivity index (χ2v) is 13.4. The van der Waals surface area contributed by atoms with Crippen molar-refractivity contribution in [3.8, 4) is 5.75 Å². The Morgan fingerprint density at radius 2 is 1.88 bits per heavy atom. The summed E-state index contributed by atoms with van der Waals surface area (Å²) in [6.45, 7) is 12.2. The number of aromatic nitrogens is 3. The summed E-state index contributed by atoms with van der Waals surface area (Å²) in [7, 11) is 3.33. The smallest absolute Gasteiger partial charge is 0.275 e. The van der Waals surface area contributed by atoms with Crippen molar-refractivity contribution in [3.05, 3.63) is 89.2 Å². The molecule has 48 heavy (non-hydrogen) atoms. The molecule has 0 bridgehead atoms. The highest BCUT2D eigenvalue weighted by Crippen LogP contribution is 2.40. The highest BCUT2D eigenvalue weighted by atomic mass is 16.5. The van der Waals surface area contributed by atoms with Crippen LogP contribution in [0.5, 0.6) is 5.75 Å². The van der Waals surface area contributed by atoms with E-state index in [0.29, 0.717) is 53.8 Å². The number of piperazine rings is 1. The molecule has 2 aliphatic rings. The van der Waals surface area contributed by atoms with E-state index in [1.165, 1.54) is 41.8 Å². The number of hydrogen-bond acceptors (Lipinski definition) is 9. The van der Waals surface area contributed by atoms with Gasteiger partial charge in [-0.05, 0) is 87.4 Å². The van der Waals surface area contributed by atoms with Crippen LogP contribution in [0, 0.1) is 13.8 Å². The van der Waals surface area contributed by atoms with Crippen molar-refractivity contribution in [1.29, 1.82) is 0 Å². The van der Waals surface area contributed by atoms with Crippen molar-refractivity contribution in [2.75, 3.05) is 45.7 Å². The van der Waals surface area contributed by atoms with Crippen LogP contribution in [0.1, 0.15) is 81.9 Å². The van der Waals surface area contributed by atoms with Crippen molar-refractivity contribution >= 4 is 23.5 Å². The Bertz CT molecular complexity index is 1690. The molecule has 5 rings (SSSR count). The van der Waals surface area contributed by atoms with E-state index in [4.69, 9.17) is 9.72 Å². The van der Waals surface area contributed by atoms with Crippen LogP contribution in [0.25, 0.3) is 0 Å². The van der Waals surface area contributed by atoms with Crippen LogP contribution in [-0.2, 0) is 4.79 Å². The number of rotatable bonds is 11. The van der Waals surface area contributed by atoms with Crippen LogP contribution >= 0.6 is 0 Å². The molecule has 1 aliphatic heterocycles. The van der Waals surface area contributed by atoms with Gasteiger partial charge in [0.25, 0.3) is 11.8 Å². The van der Waals surface area contributed by atoms with Crippen LogP contribution in [0.2, 0.25) is 0 Å². The van der Waals surface area contributed by atoms with Gasteiger partial charge in [-0.15, -0.1) is 0 Å². The van der Waals surface area contributed by atoms with Gasteiger partial charge in [0, 0.05) is 52.2 Å². The first-order chi connectivity index (χ1) is 22.8. The van der Waals surface area contributed by atoms with Crippen LogP contribution in [0.4, 0.5) is 5.82 Å². The fourth-order valence-corrected chi connectivity index (χ4v) is 6.04. The monoisotopic (exact) mass is 655 g/mol. The first-order valence-corrected chi connectivity index (χ1v) is 16.2. The summed E-state index contributed by atoms with van der Waals surface area (Å²) in [5.41, 5.74) is 3.11. The molecule has 3 atom stereocenters. The van der Waals surface area contributed by atoms with Gasteiger partial charge in [0.2, 0.25) is 5.91 Å². The van der Waals surface area contributed by atoms with Gasteiger partial charge in [-0.1, -0.05) is 12.6 Å². The highest BCUT2D eigenvalue weighted by molar-refractivity contribution is 6.04. The number of aryl methyl sites for hydroxylation is 2. The minimum Gasteiger partial charge on any atom is -0.481 e. The van der Waals surface area contributed by atoms with Crippen LogP contribution in [0.15, 0.2) is 55.5 Å². The lowest BCUT2D eigenvalue weighted by Crippen LogP contribution is -2.67. The molecule has 1 aliphatic carbocycles. The number of nitrogens with one attached hydrogen (secondary N) is 1. The molecule has 3 amide bonds. The normalized spacial score (nSPS) is 20.1. The molecule has 12 nitrogen and oxygen atoms in total. The number of carbonyl (C=O) groups is 3. The maximum absolute atomic E-state index is 13.3. The van der Waals surface area contributed by atoms with Gasteiger partial charge >= 0.3 is 0 Å². The Labute approximate surface area is 281 Å². The Balaban J connectivity index is 1.36. The number of aliphatic hydroxyl groups excluding tert-OH is 1. The molecule has 0 radical (unpaired) electrons. The maximum Gasteiger partial charge on any atom is 0.275 e. The molecule has 0 spiro atoms. The highest BCUT2D eigenvalue weighted by Gasteiger charge is 2.43. The molecule has 2 fully saturated rings. The summed E-state index contributed by atoms with van der Waals surface area (Å²) < 4.78 is 6.57. The molecule has 1 saturated heterocycles. The van der Waals surface area contributed by atoms with Crippen molar-refractivity contribution in [2.24, 2.45) is 0 Å². The predicted octanol–water partition coefficient (Wildman–Crippen LogP) is 3.91. The summed E-state index contributed by atoms with van der Waals surface area (Å²) in [6, 6.07) is 7.44. The average molecular weight is 656 g/mol. The van der Waals surface area contributed by atoms with Crippen molar-refractivity contribution in [3.63, 3.8) is 0 Å². The lowest BCUT2D eigenvalue weighted by atomic mass is 9.93. The van der Waals surface area contributed by atoms with Crippen molar-refractivity contribution in [2.45, 2.75) is 64.1 Å². The van der Waals surface area contributed by atoms with E-state index in [2.05, 4.69) is 32.8 Å². The predicted molar refractivity (Wildman–Crippen MR) is 182 cm³/mol. The topological polar surface area (TPSA) is 141 Å². The summed E-state index contributed by atoms with van der Waals surface area (Å²) in [4.78, 5) is 57.0. The molecule has 2 N–H and O–H groups in total. The van der Waals surface area contributed by atoms with E-state index >= 15 is 0 Å². The van der Waals surface area contributed by atoms with Gasteiger partial charge in [-0.25, -0.2) is 9.97 Å². The third-order valence-electron chi connectivity index (χ3n) is 9.17. The van der Waals surface area contributed by atoms with Crippen LogP contribution in [0.3, 0.4) is 0 Å². The van der Waals surface area contributed by atoms with Crippen molar-refractivity contribution < 1.29 is 24.2 Å². The zero-order valence-electron chi connectivity index (χ0n) is 28.6. The number of anilines is 1. The Kier molecular flexibility index (Phi) is 10.3. The largest absolute Gasteiger partial charge is 0.481 e. The molecule has 3 aromatic rings. The average Bonchev–Trinajstić information content (AvgIpc) is 3.92. The van der Waals surface area contributed by atoms with Gasteiger partial charge in [-0.2, -0.15) is 0 Å². The summed E-state index contributed by atoms with van der Waals surface area (Å²) in [5, 5.41) is 13.3. The lowest BCUT2D eigenvalue weighted by Gasteiger charge is -2.51. The number of hydrogen-bond donors (Lipinski definition) is 2. The third kappa shape index (κ3) is 7.55. The van der Waals surface area contributed by atoms with E-state index in [0.717, 1.165) is 5.69 Å². The summed E-state index contributed by atoms with van der Waals surface area (Å²) in [5.74, 6) is 0.582. The van der Waals surface area contributed by atoms with E-state index < -0.39 is 17.6 Å². The molecule has 1 saturated carbocycles. The minimum absolute atomic E-state index is 0.106. The molecule has 12 heteroatoms. The maximum atomic E-state index is 13.3. The van der Waals surface area contributed by atoms with E-state index in [9.17, 15) is 19.5 Å². The molecule has 4 heterocycles. The Morgan fingerprint density at radius 3 is 2.46 bits per heavy atom. The van der Waals surface area contributed by atoms with E-state index in [1.807, 2.05) is 26.1 Å². The molecular weight excluding hydrogens is 610 g/mol. The second-order valence-electron chi connectivity index (χ2n) is 13.4. The minimum atomic E-state index is -0.721. The standard InChI is InChI=1S/C36H45N7O5/c1-8-31(45)43-20-36(5,21-44)42(18-24(43)4)19-30(29-12-11-26(15-37-29)25-9-10-25)48-28-14-22(2)32(38-17-28)34(46)40-33-23(3)13-27(16-39-33)35(47)41(6)7/h8,11-17,24-25,30,44H,1,9-10,18-21H2,2-7H3,(H,39,40,46)/t24-,30+,36+/m1/s1. The number of carbonyl (C=O) groups excluding carboxylic acids is 3. The third-order valence-corrected chi connectivity index (χ3v) is 9.17. The van der Waals surface area contributed by atoms with Gasteiger partial charge < -0.3 is 25.0 Å². The summed E-state index contributed by atoms with van der Waals surface area (Å²) in [6.07, 6.45) is 7.98. The number of nitrogens with zero attached hydrogens (tertiary/aromatic N) is 6. The number of ether oxygens (including phenoxy) is 1. The second kappa shape index (κ2) is 14.2. The van der Waals surface area contributed by atoms with Crippen LogP contribution < -0.4 is 10.1 Å². The molecule has 254 valence electrons. The lowest BCUT2D eigenvalue weighted by molar-refractivity contribution is -0.138. The molecule has 3 aromatic heterocycles. The van der Waals surface area contributed by atoms with E-state index in [1.54, 1.807) is 45.0 Å². The SMILES string of the molecule is C=CC(=O)N1C[C@@](C)(CO)N(C[C@H](Oc2cnc(C(=O)Nc3ncc(C(=O)N(C)C)cc3C)c(C)c2)c2ccc(C3CC3)cn2)C[C@H]1C. The van der Waals surface area contributed by atoms with Gasteiger partial charge in [0.1, 0.15) is 17.3 Å². The molecule has 0 aromatic carbocycles. The zero-order chi connectivity index (χ0) is 34.7.